The van der Waals surface area contributed by atoms with Gasteiger partial charge in [-0.1, -0.05) is 0 Å². The van der Waals surface area contributed by atoms with E-state index in [9.17, 15) is 8.42 Å². The fraction of sp³-hybridized carbons (Fsp3) is 0.455. The Kier molecular flexibility index (Phi) is 7.03. The molecule has 2 saturated carbocycles. The Morgan fingerprint density at radius 2 is 1.10 bits per heavy atom. The highest BCUT2D eigenvalue weighted by Gasteiger charge is 2.29. The minimum Gasteiger partial charge on any atom is -0.497 e. The summed E-state index contributed by atoms with van der Waals surface area (Å²) in [4.78, 5) is -0.103. The summed E-state index contributed by atoms with van der Waals surface area (Å²) in [6.45, 7) is 0. The molecule has 2 fully saturated rings. The van der Waals surface area contributed by atoms with Crippen molar-refractivity contribution < 1.29 is 27.4 Å². The summed E-state index contributed by atoms with van der Waals surface area (Å²) in [5.41, 5.74) is 2.37. The second-order valence-electron chi connectivity index (χ2n) is 7.39. The SMILES string of the molecule is COc1cc(C2CC2)cc(OC)c1S(=O)(=O)Cl.COc1cc(OC)cc(C2CC2)c1. The molecule has 0 aromatic heterocycles. The topological polar surface area (TPSA) is 71.1 Å². The second-order valence-corrected chi connectivity index (χ2v) is 9.89. The normalized spacial score (nSPS) is 15.6. The Morgan fingerprint density at radius 1 is 0.700 bits per heavy atom. The molecular weight excluding hydrogens is 428 g/mol. The lowest BCUT2D eigenvalue weighted by atomic mass is 10.1. The van der Waals surface area contributed by atoms with Crippen LogP contribution < -0.4 is 18.9 Å². The van der Waals surface area contributed by atoms with Crippen molar-refractivity contribution in [2.45, 2.75) is 42.4 Å². The van der Waals surface area contributed by atoms with Gasteiger partial charge in [0.25, 0.3) is 9.05 Å². The molecule has 0 aliphatic heterocycles. The van der Waals surface area contributed by atoms with Gasteiger partial charge in [-0.05, 0) is 72.9 Å². The lowest BCUT2D eigenvalue weighted by Gasteiger charge is -2.12. The van der Waals surface area contributed by atoms with E-state index in [2.05, 4.69) is 12.1 Å². The van der Waals surface area contributed by atoms with Gasteiger partial charge >= 0.3 is 0 Å². The van der Waals surface area contributed by atoms with Crippen LogP contribution in [-0.4, -0.2) is 36.9 Å². The van der Waals surface area contributed by atoms with Gasteiger partial charge in [0.1, 0.15) is 23.0 Å². The van der Waals surface area contributed by atoms with Gasteiger partial charge in [-0.2, -0.15) is 0 Å². The van der Waals surface area contributed by atoms with Crippen molar-refractivity contribution in [3.8, 4) is 23.0 Å². The van der Waals surface area contributed by atoms with E-state index in [1.54, 1.807) is 26.4 Å². The predicted octanol–water partition coefficient (Wildman–Crippen LogP) is 5.09. The Labute approximate surface area is 182 Å². The molecule has 0 N–H and O–H groups in total. The van der Waals surface area contributed by atoms with Crippen LogP contribution in [0.5, 0.6) is 23.0 Å². The standard InChI is InChI=1S/C11H13ClO4S.C11H14O2/c1-15-9-5-8(7-3-4-7)6-10(16-2)11(9)17(12,13)14;1-12-10-5-9(8-3-4-8)6-11(7-10)13-2/h5-7H,3-4H2,1-2H3;5-8H,3-4H2,1-2H3. The van der Waals surface area contributed by atoms with E-state index in [4.69, 9.17) is 29.6 Å². The smallest absolute Gasteiger partial charge is 0.268 e. The number of hydrogen-bond acceptors (Lipinski definition) is 6. The van der Waals surface area contributed by atoms with Crippen molar-refractivity contribution in [3.05, 3.63) is 41.5 Å². The van der Waals surface area contributed by atoms with Gasteiger partial charge in [0.15, 0.2) is 4.90 Å². The van der Waals surface area contributed by atoms with Gasteiger partial charge in [0.05, 0.1) is 28.4 Å². The zero-order chi connectivity index (χ0) is 21.9. The second kappa shape index (κ2) is 9.35. The maximum atomic E-state index is 11.5. The molecule has 0 atom stereocenters. The third kappa shape index (κ3) is 5.52. The maximum absolute atomic E-state index is 11.5. The van der Waals surface area contributed by atoms with Crippen LogP contribution in [0, 0.1) is 0 Å². The summed E-state index contributed by atoms with van der Waals surface area (Å²) in [5.74, 6) is 3.47. The molecule has 0 spiro atoms. The molecule has 164 valence electrons. The van der Waals surface area contributed by atoms with Gasteiger partial charge in [0.2, 0.25) is 0 Å². The van der Waals surface area contributed by atoms with Crippen molar-refractivity contribution in [1.82, 2.24) is 0 Å². The first kappa shape index (κ1) is 22.6. The molecule has 6 nitrogen and oxygen atoms in total. The molecule has 30 heavy (non-hydrogen) atoms. The number of rotatable bonds is 7. The van der Waals surface area contributed by atoms with E-state index in [-0.39, 0.29) is 16.4 Å². The fourth-order valence-corrected chi connectivity index (χ4v) is 4.50. The van der Waals surface area contributed by atoms with Crippen LogP contribution in [0.25, 0.3) is 0 Å². The van der Waals surface area contributed by atoms with Crippen LogP contribution in [-0.2, 0) is 9.05 Å². The fourth-order valence-electron chi connectivity index (χ4n) is 3.27. The third-order valence-corrected chi connectivity index (χ3v) is 6.55. The first-order valence-corrected chi connectivity index (χ1v) is 12.0. The lowest BCUT2D eigenvalue weighted by molar-refractivity contribution is 0.373. The van der Waals surface area contributed by atoms with Gasteiger partial charge in [0, 0.05) is 16.7 Å². The summed E-state index contributed by atoms with van der Waals surface area (Å²) in [5, 5.41) is 0. The molecule has 8 heteroatoms. The van der Waals surface area contributed by atoms with Crippen LogP contribution in [0.4, 0.5) is 0 Å². The van der Waals surface area contributed by atoms with Crippen molar-refractivity contribution in [2.24, 2.45) is 0 Å². The first-order valence-electron chi connectivity index (χ1n) is 9.74. The summed E-state index contributed by atoms with van der Waals surface area (Å²) in [6.07, 6.45) is 4.82. The summed E-state index contributed by atoms with van der Waals surface area (Å²) in [7, 11) is 7.70. The molecular formula is C22H27ClO6S. The van der Waals surface area contributed by atoms with Crippen molar-refractivity contribution in [2.75, 3.05) is 28.4 Å². The molecule has 0 bridgehead atoms. The highest BCUT2D eigenvalue weighted by Crippen LogP contribution is 2.46. The summed E-state index contributed by atoms with van der Waals surface area (Å²) in [6, 6.07) is 9.54. The Hall–Kier alpha value is -2.12. The van der Waals surface area contributed by atoms with Crippen LogP contribution in [0.15, 0.2) is 35.2 Å². The molecule has 0 heterocycles. The number of benzene rings is 2. The quantitative estimate of drug-likeness (QED) is 0.542. The molecule has 2 aromatic carbocycles. The van der Waals surface area contributed by atoms with E-state index in [0.717, 1.165) is 35.8 Å². The van der Waals surface area contributed by atoms with E-state index in [0.29, 0.717) is 5.92 Å². The number of hydrogen-bond donors (Lipinski definition) is 0. The van der Waals surface area contributed by atoms with E-state index in [1.807, 2.05) is 6.07 Å². The highest BCUT2D eigenvalue weighted by molar-refractivity contribution is 8.14. The average Bonchev–Trinajstić information content (AvgIpc) is 3.64. The third-order valence-electron chi connectivity index (χ3n) is 5.20. The molecule has 0 amide bonds. The van der Waals surface area contributed by atoms with Gasteiger partial charge in [-0.15, -0.1) is 0 Å². The zero-order valence-electron chi connectivity index (χ0n) is 17.6. The molecule has 0 saturated heterocycles. The van der Waals surface area contributed by atoms with E-state index >= 15 is 0 Å². The van der Waals surface area contributed by atoms with Crippen molar-refractivity contribution >= 4 is 19.7 Å². The van der Waals surface area contributed by atoms with Crippen molar-refractivity contribution in [1.29, 1.82) is 0 Å². The summed E-state index contributed by atoms with van der Waals surface area (Å²) >= 11 is 0. The first-order chi connectivity index (χ1) is 14.3. The van der Waals surface area contributed by atoms with Gasteiger partial charge < -0.3 is 18.9 Å². The number of ether oxygens (including phenoxy) is 4. The predicted molar refractivity (Wildman–Crippen MR) is 116 cm³/mol. The Bertz CT molecular complexity index is 949. The van der Waals surface area contributed by atoms with Crippen molar-refractivity contribution in [3.63, 3.8) is 0 Å². The maximum Gasteiger partial charge on any atom is 0.268 e. The average molecular weight is 455 g/mol. The van der Waals surface area contributed by atoms with E-state index < -0.39 is 9.05 Å². The lowest BCUT2D eigenvalue weighted by Crippen LogP contribution is -2.01. The minimum atomic E-state index is -3.89. The van der Waals surface area contributed by atoms with Crippen LogP contribution in [0.2, 0.25) is 0 Å². The molecule has 2 aromatic rings. The molecule has 0 radical (unpaired) electrons. The number of halogens is 1. The number of methoxy groups -OCH3 is 4. The molecule has 2 aliphatic carbocycles. The molecule has 0 unspecified atom stereocenters. The summed E-state index contributed by atoms with van der Waals surface area (Å²) < 4.78 is 43.6. The highest BCUT2D eigenvalue weighted by atomic mass is 35.7. The van der Waals surface area contributed by atoms with Crippen LogP contribution in [0.3, 0.4) is 0 Å². The Morgan fingerprint density at radius 3 is 1.40 bits per heavy atom. The van der Waals surface area contributed by atoms with Gasteiger partial charge in [-0.25, -0.2) is 8.42 Å². The molecule has 2 aliphatic rings. The molecule has 4 rings (SSSR count). The van der Waals surface area contributed by atoms with Crippen LogP contribution >= 0.6 is 10.7 Å². The Balaban J connectivity index is 0.000000177. The van der Waals surface area contributed by atoms with E-state index in [1.165, 1.54) is 32.6 Å². The minimum absolute atomic E-state index is 0.103. The zero-order valence-corrected chi connectivity index (χ0v) is 19.2. The largest absolute Gasteiger partial charge is 0.497 e. The monoisotopic (exact) mass is 454 g/mol. The van der Waals surface area contributed by atoms with Crippen LogP contribution in [0.1, 0.15) is 48.6 Å². The van der Waals surface area contributed by atoms with Gasteiger partial charge in [-0.3, -0.25) is 0 Å².